The summed E-state index contributed by atoms with van der Waals surface area (Å²) >= 11 is 0. The number of hydrogen-bond acceptors (Lipinski definition) is 5. The second kappa shape index (κ2) is 5.95. The monoisotopic (exact) mass is 292 g/mol. The van der Waals surface area contributed by atoms with Crippen molar-refractivity contribution in [2.75, 3.05) is 0 Å². The molecule has 0 bridgehead atoms. The topological polar surface area (TPSA) is 95.5 Å². The Morgan fingerprint density at radius 1 is 1.00 bits per heavy atom. The van der Waals surface area contributed by atoms with Gasteiger partial charge in [-0.2, -0.15) is 0 Å². The van der Waals surface area contributed by atoms with E-state index < -0.39 is 21.4 Å². The van der Waals surface area contributed by atoms with Crippen LogP contribution < -0.4 is 4.74 Å². The van der Waals surface area contributed by atoms with Crippen molar-refractivity contribution in [1.82, 2.24) is 0 Å². The second-order valence-corrected chi connectivity index (χ2v) is 4.07. The van der Waals surface area contributed by atoms with Crippen LogP contribution in [0.5, 0.6) is 5.75 Å². The summed E-state index contributed by atoms with van der Waals surface area (Å²) in [6.07, 6.45) is 0. The van der Waals surface area contributed by atoms with Gasteiger partial charge in [0.25, 0.3) is 11.4 Å². The van der Waals surface area contributed by atoms with Crippen molar-refractivity contribution in [3.63, 3.8) is 0 Å². The van der Waals surface area contributed by atoms with Crippen molar-refractivity contribution in [1.29, 1.82) is 0 Å². The smallest absolute Gasteiger partial charge is 0.282 e. The summed E-state index contributed by atoms with van der Waals surface area (Å²) in [5.41, 5.74) is -0.575. The van der Waals surface area contributed by atoms with E-state index in [1.54, 1.807) is 0 Å². The fourth-order valence-corrected chi connectivity index (χ4v) is 1.65. The maximum Gasteiger partial charge on any atom is 0.282 e. The lowest BCUT2D eigenvalue weighted by Gasteiger charge is -2.06. The molecule has 0 fully saturated rings. The molecule has 0 unspecified atom stereocenters. The lowest BCUT2D eigenvalue weighted by molar-refractivity contribution is -0.394. The number of benzene rings is 2. The molecule has 0 atom stereocenters. The standard InChI is InChI=1S/C13H9FN2O5/c14-10-2-5-12(6-3-10)21-8-9-1-4-11(15(17)18)7-13(9)16(19)20/h1-7H,8H2. The van der Waals surface area contributed by atoms with E-state index in [1.165, 1.54) is 30.3 Å². The van der Waals surface area contributed by atoms with Gasteiger partial charge in [-0.1, -0.05) is 0 Å². The normalized spacial score (nSPS) is 10.1. The third-order valence-electron chi connectivity index (χ3n) is 2.68. The fraction of sp³-hybridized carbons (Fsp3) is 0.0769. The van der Waals surface area contributed by atoms with Gasteiger partial charge in [-0.25, -0.2) is 4.39 Å². The highest BCUT2D eigenvalue weighted by Crippen LogP contribution is 2.26. The van der Waals surface area contributed by atoms with E-state index in [-0.39, 0.29) is 17.9 Å². The molecule has 0 spiro atoms. The Hall–Kier alpha value is -3.03. The third kappa shape index (κ3) is 3.50. The van der Waals surface area contributed by atoms with Crippen LogP contribution in [-0.4, -0.2) is 9.85 Å². The minimum atomic E-state index is -0.712. The zero-order valence-electron chi connectivity index (χ0n) is 10.6. The molecule has 8 heteroatoms. The first-order valence-corrected chi connectivity index (χ1v) is 5.77. The molecule has 0 aliphatic carbocycles. The summed E-state index contributed by atoms with van der Waals surface area (Å²) in [6, 6.07) is 8.46. The number of nitrogens with zero attached hydrogens (tertiary/aromatic N) is 2. The van der Waals surface area contributed by atoms with Crippen LogP contribution >= 0.6 is 0 Å². The van der Waals surface area contributed by atoms with Gasteiger partial charge in [0.05, 0.1) is 21.5 Å². The van der Waals surface area contributed by atoms with Gasteiger partial charge in [-0.15, -0.1) is 0 Å². The summed E-state index contributed by atoms with van der Waals surface area (Å²) in [5.74, 6) is -0.0901. The largest absolute Gasteiger partial charge is 0.489 e. The van der Waals surface area contributed by atoms with Gasteiger partial charge in [0.2, 0.25) is 0 Å². The SMILES string of the molecule is O=[N+]([O-])c1ccc(COc2ccc(F)cc2)c([N+](=O)[O-])c1. The highest BCUT2D eigenvalue weighted by Gasteiger charge is 2.19. The molecular weight excluding hydrogens is 283 g/mol. The highest BCUT2D eigenvalue weighted by molar-refractivity contribution is 5.49. The summed E-state index contributed by atoms with van der Waals surface area (Å²) in [7, 11) is 0. The molecule has 108 valence electrons. The predicted octanol–water partition coefficient (Wildman–Crippen LogP) is 3.22. The molecule has 7 nitrogen and oxygen atoms in total. The lowest BCUT2D eigenvalue weighted by Crippen LogP contribution is -2.02. The first-order chi connectivity index (χ1) is 9.97. The van der Waals surface area contributed by atoms with Crippen molar-refractivity contribution in [3.05, 3.63) is 74.1 Å². The Bertz CT molecular complexity index is 687. The average Bonchev–Trinajstić information content (AvgIpc) is 2.46. The second-order valence-electron chi connectivity index (χ2n) is 4.07. The number of rotatable bonds is 5. The van der Waals surface area contributed by atoms with Gasteiger partial charge in [-0.3, -0.25) is 20.2 Å². The molecule has 2 aromatic rings. The number of halogens is 1. The van der Waals surface area contributed by atoms with Gasteiger partial charge in [-0.05, 0) is 30.3 Å². The molecule has 0 saturated carbocycles. The summed E-state index contributed by atoms with van der Waals surface area (Å²) < 4.78 is 18.0. The van der Waals surface area contributed by atoms with Crippen LogP contribution in [0.1, 0.15) is 5.56 Å². The molecule has 0 heterocycles. The molecule has 0 N–H and O–H groups in total. The number of hydrogen-bond donors (Lipinski definition) is 0. The first-order valence-electron chi connectivity index (χ1n) is 5.77. The van der Waals surface area contributed by atoms with Crippen molar-refractivity contribution in [2.45, 2.75) is 6.61 Å². The molecule has 0 saturated heterocycles. The third-order valence-corrected chi connectivity index (χ3v) is 2.68. The molecule has 2 rings (SSSR count). The van der Waals surface area contributed by atoms with Crippen molar-refractivity contribution < 1.29 is 19.0 Å². The molecule has 0 radical (unpaired) electrons. The summed E-state index contributed by atoms with van der Waals surface area (Å²) in [5, 5.41) is 21.5. The zero-order valence-corrected chi connectivity index (χ0v) is 10.6. The van der Waals surface area contributed by atoms with Gasteiger partial charge >= 0.3 is 0 Å². The number of non-ortho nitro benzene ring substituents is 1. The Labute approximate surface area is 117 Å². The molecule has 0 aliphatic heterocycles. The molecular formula is C13H9FN2O5. The maximum absolute atomic E-state index is 12.7. The van der Waals surface area contributed by atoms with Crippen LogP contribution in [0.2, 0.25) is 0 Å². The molecule has 2 aromatic carbocycles. The Balaban J connectivity index is 2.21. The Morgan fingerprint density at radius 2 is 1.67 bits per heavy atom. The van der Waals surface area contributed by atoms with Crippen LogP contribution in [0, 0.1) is 26.0 Å². The summed E-state index contributed by atoms with van der Waals surface area (Å²) in [6.45, 7) is -0.153. The van der Waals surface area contributed by atoms with Crippen LogP contribution in [-0.2, 0) is 6.61 Å². The molecule has 0 aromatic heterocycles. The van der Waals surface area contributed by atoms with Crippen LogP contribution in [0.3, 0.4) is 0 Å². The van der Waals surface area contributed by atoms with Crippen molar-refractivity contribution in [2.24, 2.45) is 0 Å². The maximum atomic E-state index is 12.7. The van der Waals surface area contributed by atoms with E-state index in [4.69, 9.17) is 4.74 Å². The molecule has 0 amide bonds. The number of nitro benzene ring substituents is 2. The van der Waals surface area contributed by atoms with Crippen LogP contribution in [0.4, 0.5) is 15.8 Å². The highest BCUT2D eigenvalue weighted by atomic mass is 19.1. The van der Waals surface area contributed by atoms with Crippen molar-refractivity contribution >= 4 is 11.4 Å². The van der Waals surface area contributed by atoms with Crippen molar-refractivity contribution in [3.8, 4) is 5.75 Å². The van der Waals surface area contributed by atoms with E-state index in [1.807, 2.05) is 0 Å². The Morgan fingerprint density at radius 3 is 2.24 bits per heavy atom. The minimum Gasteiger partial charge on any atom is -0.489 e. The fourth-order valence-electron chi connectivity index (χ4n) is 1.65. The minimum absolute atomic E-state index is 0.153. The summed E-state index contributed by atoms with van der Waals surface area (Å²) in [4.78, 5) is 20.1. The van der Waals surface area contributed by atoms with Gasteiger partial charge in [0.15, 0.2) is 0 Å². The van der Waals surface area contributed by atoms with E-state index in [9.17, 15) is 24.6 Å². The molecule has 0 aliphatic rings. The van der Waals surface area contributed by atoms with Crippen LogP contribution in [0.15, 0.2) is 42.5 Å². The van der Waals surface area contributed by atoms with Gasteiger partial charge in [0.1, 0.15) is 18.2 Å². The van der Waals surface area contributed by atoms with E-state index in [2.05, 4.69) is 0 Å². The predicted molar refractivity (Wildman–Crippen MR) is 70.5 cm³/mol. The van der Waals surface area contributed by atoms with Gasteiger partial charge in [0, 0.05) is 6.07 Å². The zero-order chi connectivity index (χ0) is 15.4. The lowest BCUT2D eigenvalue weighted by atomic mass is 10.1. The first kappa shape index (κ1) is 14.4. The average molecular weight is 292 g/mol. The van der Waals surface area contributed by atoms with Crippen LogP contribution in [0.25, 0.3) is 0 Å². The quantitative estimate of drug-likeness (QED) is 0.622. The van der Waals surface area contributed by atoms with E-state index in [0.717, 1.165) is 12.1 Å². The number of nitro groups is 2. The van der Waals surface area contributed by atoms with E-state index in [0.29, 0.717) is 5.75 Å². The van der Waals surface area contributed by atoms with Gasteiger partial charge < -0.3 is 4.74 Å². The Kier molecular flexibility index (Phi) is 4.07. The van der Waals surface area contributed by atoms with E-state index >= 15 is 0 Å². The molecule has 21 heavy (non-hydrogen) atoms. The number of ether oxygens (including phenoxy) is 1.